The topological polar surface area (TPSA) is 49.8 Å². The van der Waals surface area contributed by atoms with Gasteiger partial charge < -0.3 is 9.84 Å². The Balaban J connectivity index is 2.08. The summed E-state index contributed by atoms with van der Waals surface area (Å²) in [4.78, 5) is 13.2. The lowest BCUT2D eigenvalue weighted by Gasteiger charge is -2.27. The molecule has 2 rings (SSSR count). The van der Waals surface area contributed by atoms with Gasteiger partial charge in [0.25, 0.3) is 0 Å². The minimum absolute atomic E-state index is 0.532. The molecule has 0 aromatic heterocycles. The molecule has 1 aromatic rings. The first-order valence-electron chi connectivity index (χ1n) is 6.39. The predicted octanol–water partition coefficient (Wildman–Crippen LogP) is 2.36. The highest BCUT2D eigenvalue weighted by atomic mass is 35.5. The van der Waals surface area contributed by atoms with E-state index in [0.717, 1.165) is 44.0 Å². The molecule has 1 fully saturated rings. The maximum absolute atomic E-state index is 10.9. The first-order valence-corrected chi connectivity index (χ1v) is 6.77. The summed E-state index contributed by atoms with van der Waals surface area (Å²) in [5, 5.41) is 9.63. The lowest BCUT2D eigenvalue weighted by molar-refractivity contribution is -0.138. The maximum atomic E-state index is 10.9. The highest BCUT2D eigenvalue weighted by Gasteiger charge is 2.16. The van der Waals surface area contributed by atoms with Crippen molar-refractivity contribution in [3.8, 4) is 0 Å². The number of nitrogens with zero attached hydrogens (tertiary/aromatic N) is 1. The molecule has 1 atom stereocenters. The van der Waals surface area contributed by atoms with E-state index in [4.69, 9.17) is 21.4 Å². The second-order valence-electron chi connectivity index (χ2n) is 4.80. The number of halogens is 1. The summed E-state index contributed by atoms with van der Waals surface area (Å²) in [7, 11) is 0. The van der Waals surface area contributed by atoms with Gasteiger partial charge in [0.1, 0.15) is 0 Å². The van der Waals surface area contributed by atoms with Crippen molar-refractivity contribution in [3.63, 3.8) is 0 Å². The lowest BCUT2D eigenvalue weighted by atomic mass is 10.00. The zero-order chi connectivity index (χ0) is 13.8. The molecule has 1 saturated heterocycles. The fourth-order valence-electron chi connectivity index (χ4n) is 2.10. The first kappa shape index (κ1) is 14.3. The van der Waals surface area contributed by atoms with Gasteiger partial charge in [0.2, 0.25) is 0 Å². The summed E-state index contributed by atoms with van der Waals surface area (Å²) in [6.45, 7) is 5.77. The zero-order valence-corrected chi connectivity index (χ0v) is 11.7. The molecule has 1 aliphatic rings. The van der Waals surface area contributed by atoms with Crippen molar-refractivity contribution in [2.24, 2.45) is 0 Å². The van der Waals surface area contributed by atoms with Crippen LogP contribution in [0.4, 0.5) is 0 Å². The number of morpholine rings is 1. The Morgan fingerprint density at radius 1 is 1.47 bits per heavy atom. The van der Waals surface area contributed by atoms with E-state index in [1.807, 2.05) is 12.1 Å². The lowest BCUT2D eigenvalue weighted by Crippen LogP contribution is -2.35. The summed E-state index contributed by atoms with van der Waals surface area (Å²) in [5.41, 5.74) is 1.77. The molecule has 5 heteroatoms. The van der Waals surface area contributed by atoms with Crippen LogP contribution in [0.5, 0.6) is 0 Å². The molecule has 4 nitrogen and oxygen atoms in total. The number of carboxylic acid groups (broad SMARTS) is 1. The van der Waals surface area contributed by atoms with Crippen molar-refractivity contribution >= 4 is 17.6 Å². The normalized spacial score (nSPS) is 18.2. The van der Waals surface area contributed by atoms with Crippen LogP contribution >= 0.6 is 11.6 Å². The minimum Gasteiger partial charge on any atom is -0.481 e. The molecule has 1 aromatic carbocycles. The zero-order valence-electron chi connectivity index (χ0n) is 10.9. The predicted molar refractivity (Wildman–Crippen MR) is 73.6 cm³/mol. The smallest absolute Gasteiger partial charge is 0.310 e. The monoisotopic (exact) mass is 283 g/mol. The van der Waals surface area contributed by atoms with E-state index in [2.05, 4.69) is 4.90 Å². The van der Waals surface area contributed by atoms with E-state index in [1.54, 1.807) is 13.0 Å². The third-order valence-corrected chi connectivity index (χ3v) is 3.80. The third-order valence-electron chi connectivity index (χ3n) is 3.45. The number of hydrogen-bond donors (Lipinski definition) is 1. The van der Waals surface area contributed by atoms with Crippen LogP contribution in [0.3, 0.4) is 0 Å². The molecule has 0 radical (unpaired) electrons. The number of aliphatic carboxylic acids is 1. The second kappa shape index (κ2) is 6.37. The average Bonchev–Trinajstić information content (AvgIpc) is 2.41. The van der Waals surface area contributed by atoms with E-state index in [-0.39, 0.29) is 0 Å². The number of ether oxygens (including phenoxy) is 1. The fraction of sp³-hybridized carbons (Fsp3) is 0.500. The molecule has 19 heavy (non-hydrogen) atoms. The Morgan fingerprint density at radius 2 is 2.16 bits per heavy atom. The molecule has 1 aliphatic heterocycles. The minimum atomic E-state index is -0.836. The molecule has 1 N–H and O–H groups in total. The van der Waals surface area contributed by atoms with Gasteiger partial charge in [-0.05, 0) is 24.1 Å². The largest absolute Gasteiger partial charge is 0.481 e. The number of carboxylic acids is 1. The number of benzene rings is 1. The van der Waals surface area contributed by atoms with Crippen LogP contribution in [0.15, 0.2) is 18.2 Å². The van der Waals surface area contributed by atoms with E-state index < -0.39 is 11.9 Å². The quantitative estimate of drug-likeness (QED) is 0.922. The molecule has 1 unspecified atom stereocenters. The molecule has 0 spiro atoms. The van der Waals surface area contributed by atoms with Gasteiger partial charge >= 0.3 is 5.97 Å². The number of carbonyl (C=O) groups is 1. The summed E-state index contributed by atoms with van der Waals surface area (Å²) < 4.78 is 5.30. The molecular weight excluding hydrogens is 266 g/mol. The second-order valence-corrected chi connectivity index (χ2v) is 5.21. The van der Waals surface area contributed by atoms with Crippen molar-refractivity contribution in [1.82, 2.24) is 4.90 Å². The molecule has 0 bridgehead atoms. The van der Waals surface area contributed by atoms with Gasteiger partial charge in [-0.15, -0.1) is 0 Å². The van der Waals surface area contributed by atoms with Crippen molar-refractivity contribution in [3.05, 3.63) is 34.3 Å². The van der Waals surface area contributed by atoms with Gasteiger partial charge in [-0.3, -0.25) is 9.69 Å². The van der Waals surface area contributed by atoms with Crippen LogP contribution in [0.1, 0.15) is 24.0 Å². The SMILES string of the molecule is CC(C(=O)O)c1ccc(CN2CCOCC2)c(Cl)c1. The molecule has 0 aliphatic carbocycles. The Labute approximate surface area is 117 Å². The van der Waals surface area contributed by atoms with Crippen molar-refractivity contribution in [2.45, 2.75) is 19.4 Å². The van der Waals surface area contributed by atoms with Gasteiger partial charge in [-0.25, -0.2) is 0 Å². The van der Waals surface area contributed by atoms with Gasteiger partial charge in [0.05, 0.1) is 19.1 Å². The standard InChI is InChI=1S/C14H18ClNO3/c1-10(14(17)18)11-2-3-12(13(15)8-11)9-16-4-6-19-7-5-16/h2-3,8,10H,4-7,9H2,1H3,(H,17,18). The number of hydrogen-bond acceptors (Lipinski definition) is 3. The van der Waals surface area contributed by atoms with Crippen LogP contribution in [0.25, 0.3) is 0 Å². The van der Waals surface area contributed by atoms with Crippen LogP contribution in [-0.4, -0.2) is 42.3 Å². The Hall–Kier alpha value is -1.10. The van der Waals surface area contributed by atoms with E-state index >= 15 is 0 Å². The van der Waals surface area contributed by atoms with Gasteiger partial charge in [-0.2, -0.15) is 0 Å². The van der Waals surface area contributed by atoms with Crippen LogP contribution in [-0.2, 0) is 16.1 Å². The Kier molecular flexibility index (Phi) is 4.80. The average molecular weight is 284 g/mol. The van der Waals surface area contributed by atoms with Crippen LogP contribution in [0.2, 0.25) is 5.02 Å². The Morgan fingerprint density at radius 3 is 2.74 bits per heavy atom. The maximum Gasteiger partial charge on any atom is 0.310 e. The van der Waals surface area contributed by atoms with Gasteiger partial charge in [0, 0.05) is 24.7 Å². The fourth-order valence-corrected chi connectivity index (χ4v) is 2.35. The molecule has 0 saturated carbocycles. The number of rotatable bonds is 4. The summed E-state index contributed by atoms with van der Waals surface area (Å²) in [6, 6.07) is 5.53. The van der Waals surface area contributed by atoms with Gasteiger partial charge in [-0.1, -0.05) is 23.7 Å². The van der Waals surface area contributed by atoms with Gasteiger partial charge in [0.15, 0.2) is 0 Å². The van der Waals surface area contributed by atoms with Crippen molar-refractivity contribution in [1.29, 1.82) is 0 Å². The van der Waals surface area contributed by atoms with E-state index in [9.17, 15) is 4.79 Å². The Bertz CT molecular complexity index is 458. The third kappa shape index (κ3) is 3.69. The first-order chi connectivity index (χ1) is 9.08. The summed E-state index contributed by atoms with van der Waals surface area (Å²) >= 11 is 6.25. The highest BCUT2D eigenvalue weighted by Crippen LogP contribution is 2.24. The van der Waals surface area contributed by atoms with Crippen molar-refractivity contribution in [2.75, 3.05) is 26.3 Å². The summed E-state index contributed by atoms with van der Waals surface area (Å²) in [5.74, 6) is -1.37. The van der Waals surface area contributed by atoms with Crippen molar-refractivity contribution < 1.29 is 14.6 Å². The van der Waals surface area contributed by atoms with E-state index in [1.165, 1.54) is 0 Å². The van der Waals surface area contributed by atoms with Crippen LogP contribution < -0.4 is 0 Å². The molecule has 0 amide bonds. The summed E-state index contributed by atoms with van der Waals surface area (Å²) in [6.07, 6.45) is 0. The van der Waals surface area contributed by atoms with Crippen LogP contribution in [0, 0.1) is 0 Å². The molecule has 1 heterocycles. The highest BCUT2D eigenvalue weighted by molar-refractivity contribution is 6.31. The molecular formula is C14H18ClNO3. The molecule has 104 valence electrons. The van der Waals surface area contributed by atoms with E-state index in [0.29, 0.717) is 5.02 Å².